The highest BCUT2D eigenvalue weighted by Gasteiger charge is 2.24. The third-order valence-corrected chi connectivity index (χ3v) is 4.40. The largest absolute Gasteiger partial charge is 0.462 e. The van der Waals surface area contributed by atoms with Crippen LogP contribution in [0.15, 0.2) is 23.6 Å². The number of aromatic nitrogens is 2. The molecule has 3 N–H and O–H groups in total. The summed E-state index contributed by atoms with van der Waals surface area (Å²) in [5.41, 5.74) is 5.57. The van der Waals surface area contributed by atoms with Gasteiger partial charge in [0, 0.05) is 23.8 Å². The maximum Gasteiger partial charge on any atom is 0.340 e. The maximum absolute atomic E-state index is 12.9. The molecule has 7 nitrogen and oxygen atoms in total. The number of carbonyl (C=O) groups excluding carboxylic acids is 2. The maximum atomic E-state index is 12.9. The van der Waals surface area contributed by atoms with Crippen LogP contribution in [-0.2, 0) is 16.1 Å². The molecule has 0 atom stereocenters. The summed E-state index contributed by atoms with van der Waals surface area (Å²) in [6.45, 7) is 14.9. The molecule has 0 saturated carbocycles. The molecule has 0 aliphatic rings. The minimum Gasteiger partial charge on any atom is -0.462 e. The van der Waals surface area contributed by atoms with Crippen molar-refractivity contribution in [2.24, 2.45) is 11.1 Å². The number of aryl methyl sites for hydroxylation is 2. The Bertz CT molecular complexity index is 1060. The van der Waals surface area contributed by atoms with Crippen LogP contribution in [0, 0.1) is 24.2 Å². The Labute approximate surface area is 177 Å². The van der Waals surface area contributed by atoms with Crippen LogP contribution in [-0.4, -0.2) is 28.0 Å². The second-order valence-corrected chi connectivity index (χ2v) is 6.95. The lowest BCUT2D eigenvalue weighted by atomic mass is 9.93. The van der Waals surface area contributed by atoms with E-state index < -0.39 is 17.3 Å². The van der Waals surface area contributed by atoms with Gasteiger partial charge in [0.25, 0.3) is 5.56 Å². The van der Waals surface area contributed by atoms with Gasteiger partial charge in [0.2, 0.25) is 5.91 Å². The Kier molecular flexibility index (Phi) is 8.66. The molecule has 30 heavy (non-hydrogen) atoms. The zero-order valence-electron chi connectivity index (χ0n) is 18.6. The van der Waals surface area contributed by atoms with Crippen LogP contribution in [0.1, 0.15) is 62.7 Å². The van der Waals surface area contributed by atoms with Crippen molar-refractivity contribution in [1.82, 2.24) is 9.55 Å². The van der Waals surface area contributed by atoms with Gasteiger partial charge in [0.05, 0.1) is 17.7 Å². The number of nitrogens with zero attached hydrogens (tertiary/aromatic N) is 1. The van der Waals surface area contributed by atoms with Crippen LogP contribution >= 0.6 is 0 Å². The number of nitrogens with one attached hydrogen (secondary N) is 1. The smallest absolute Gasteiger partial charge is 0.340 e. The minimum absolute atomic E-state index is 0.205. The molecule has 2 aromatic rings. The normalized spacial score (nSPS) is 10.5. The highest BCUT2D eigenvalue weighted by atomic mass is 16.5. The molecule has 0 spiro atoms. The molecule has 0 unspecified atom stereocenters. The SMILES string of the molecule is C=CCCn1cc(C#CC(C)(C)C(N)=O)c2c(C(=O)OCC)c(C)[nH]c2c1=O.CC. The molecular formula is C23H31N3O4. The highest BCUT2D eigenvalue weighted by Crippen LogP contribution is 2.25. The van der Waals surface area contributed by atoms with Gasteiger partial charge in [0.1, 0.15) is 10.9 Å². The van der Waals surface area contributed by atoms with Gasteiger partial charge in [-0.3, -0.25) is 9.59 Å². The van der Waals surface area contributed by atoms with Crippen molar-refractivity contribution >= 4 is 22.8 Å². The fourth-order valence-corrected chi connectivity index (χ4v) is 2.71. The summed E-state index contributed by atoms with van der Waals surface area (Å²) in [7, 11) is 0. The third-order valence-electron chi connectivity index (χ3n) is 4.40. The van der Waals surface area contributed by atoms with Gasteiger partial charge in [-0.1, -0.05) is 31.8 Å². The summed E-state index contributed by atoms with van der Waals surface area (Å²) in [5, 5.41) is 0.392. The van der Waals surface area contributed by atoms with Crippen LogP contribution in [0.2, 0.25) is 0 Å². The van der Waals surface area contributed by atoms with E-state index in [-0.39, 0.29) is 23.2 Å². The first-order valence-corrected chi connectivity index (χ1v) is 10.0. The van der Waals surface area contributed by atoms with E-state index in [0.717, 1.165) is 0 Å². The number of ether oxygens (including phenoxy) is 1. The van der Waals surface area contributed by atoms with Gasteiger partial charge in [-0.05, 0) is 34.1 Å². The number of rotatable bonds is 6. The molecule has 1 amide bonds. The molecule has 0 aliphatic carbocycles. The van der Waals surface area contributed by atoms with Crippen molar-refractivity contribution in [1.29, 1.82) is 0 Å². The average molecular weight is 414 g/mol. The van der Waals surface area contributed by atoms with Gasteiger partial charge < -0.3 is 20.0 Å². The van der Waals surface area contributed by atoms with Gasteiger partial charge >= 0.3 is 5.97 Å². The average Bonchev–Trinajstić information content (AvgIpc) is 3.06. The third kappa shape index (κ3) is 5.20. The number of aromatic amines is 1. The summed E-state index contributed by atoms with van der Waals surface area (Å²) in [6, 6.07) is 0. The van der Waals surface area contributed by atoms with E-state index in [1.54, 1.807) is 40.0 Å². The number of primary amides is 1. The van der Waals surface area contributed by atoms with Gasteiger partial charge in [-0.2, -0.15) is 0 Å². The molecular weight excluding hydrogens is 382 g/mol. The first-order chi connectivity index (χ1) is 14.1. The molecule has 0 fully saturated rings. The van der Waals surface area contributed by atoms with Crippen molar-refractivity contribution in [2.75, 3.05) is 6.61 Å². The van der Waals surface area contributed by atoms with Crippen molar-refractivity contribution in [3.63, 3.8) is 0 Å². The molecule has 0 saturated heterocycles. The van der Waals surface area contributed by atoms with E-state index in [9.17, 15) is 14.4 Å². The number of H-pyrrole nitrogens is 1. The number of allylic oxidation sites excluding steroid dienone is 1. The van der Waals surface area contributed by atoms with E-state index in [1.807, 2.05) is 13.8 Å². The summed E-state index contributed by atoms with van der Waals surface area (Å²) in [6.07, 6.45) is 3.89. The van der Waals surface area contributed by atoms with E-state index >= 15 is 0 Å². The second kappa shape index (κ2) is 10.5. The fraction of sp³-hybridized carbons (Fsp3) is 0.435. The van der Waals surface area contributed by atoms with E-state index in [1.165, 1.54) is 4.57 Å². The van der Waals surface area contributed by atoms with E-state index in [4.69, 9.17) is 10.5 Å². The van der Waals surface area contributed by atoms with Crippen molar-refractivity contribution in [3.8, 4) is 11.8 Å². The Morgan fingerprint density at radius 3 is 2.53 bits per heavy atom. The first kappa shape index (κ1) is 24.8. The lowest BCUT2D eigenvalue weighted by Gasteiger charge is -2.12. The Morgan fingerprint density at radius 2 is 2.00 bits per heavy atom. The van der Waals surface area contributed by atoms with Crippen LogP contribution < -0.4 is 11.3 Å². The second-order valence-electron chi connectivity index (χ2n) is 6.95. The lowest BCUT2D eigenvalue weighted by Crippen LogP contribution is -2.30. The molecule has 2 aromatic heterocycles. The Balaban J connectivity index is 0.00000218. The summed E-state index contributed by atoms with van der Waals surface area (Å²) in [5.74, 6) is 4.69. The highest BCUT2D eigenvalue weighted by molar-refractivity contribution is 6.07. The summed E-state index contributed by atoms with van der Waals surface area (Å²) in [4.78, 5) is 39.9. The quantitative estimate of drug-likeness (QED) is 0.430. The number of nitrogens with two attached hydrogens (primary N) is 1. The molecule has 0 radical (unpaired) electrons. The van der Waals surface area contributed by atoms with Crippen LogP contribution in [0.3, 0.4) is 0 Å². The standard InChI is InChI=1S/C21H25N3O4.C2H6/c1-6-8-11-24-12-14(9-10-21(4,5)20(22)27)16-15(19(26)28-7-2)13(3)23-17(16)18(24)25;1-2/h6,12,23H,1,7-8,11H2,2-5H3,(H2,22,27);1-2H3. The topological polar surface area (TPSA) is 107 Å². The fourth-order valence-electron chi connectivity index (χ4n) is 2.71. The van der Waals surface area contributed by atoms with Crippen molar-refractivity contribution < 1.29 is 14.3 Å². The number of carbonyl (C=O) groups is 2. The molecule has 0 aliphatic heterocycles. The predicted molar refractivity (Wildman–Crippen MR) is 119 cm³/mol. The van der Waals surface area contributed by atoms with E-state index in [0.29, 0.717) is 29.6 Å². The molecule has 2 heterocycles. The van der Waals surface area contributed by atoms with Gasteiger partial charge in [-0.15, -0.1) is 6.58 Å². The van der Waals surface area contributed by atoms with Crippen molar-refractivity contribution in [3.05, 3.63) is 46.0 Å². The number of fused-ring (bicyclic) bond motifs is 1. The summed E-state index contributed by atoms with van der Waals surface area (Å²) < 4.78 is 6.66. The first-order valence-electron chi connectivity index (χ1n) is 10.0. The molecule has 2 rings (SSSR count). The minimum atomic E-state index is -1.07. The molecule has 7 heteroatoms. The Morgan fingerprint density at radius 1 is 1.37 bits per heavy atom. The van der Waals surface area contributed by atoms with Gasteiger partial charge in [0.15, 0.2) is 0 Å². The predicted octanol–water partition coefficient (Wildman–Crippen LogP) is 3.28. The van der Waals surface area contributed by atoms with E-state index in [2.05, 4.69) is 23.4 Å². The number of amides is 1. The number of hydrogen-bond donors (Lipinski definition) is 2. The van der Waals surface area contributed by atoms with Crippen LogP contribution in [0.4, 0.5) is 0 Å². The zero-order chi connectivity index (χ0) is 23.1. The molecule has 0 bridgehead atoms. The zero-order valence-corrected chi connectivity index (χ0v) is 18.6. The van der Waals surface area contributed by atoms with Crippen LogP contribution in [0.25, 0.3) is 10.9 Å². The van der Waals surface area contributed by atoms with Crippen molar-refractivity contribution in [2.45, 2.75) is 54.5 Å². The number of hydrogen-bond acceptors (Lipinski definition) is 4. The van der Waals surface area contributed by atoms with Gasteiger partial charge in [-0.25, -0.2) is 4.79 Å². The Hall–Kier alpha value is -3.27. The summed E-state index contributed by atoms with van der Waals surface area (Å²) >= 11 is 0. The molecule has 0 aromatic carbocycles. The van der Waals surface area contributed by atoms with Crippen LogP contribution in [0.5, 0.6) is 0 Å². The number of esters is 1. The molecule has 162 valence electrons. The lowest BCUT2D eigenvalue weighted by molar-refractivity contribution is -0.123. The monoisotopic (exact) mass is 413 g/mol. The number of pyridine rings is 1.